The molecule has 9 nitrogen and oxygen atoms in total. The molecule has 0 bridgehead atoms. The summed E-state index contributed by atoms with van der Waals surface area (Å²) in [5.41, 5.74) is 0.322. The average molecular weight is 448 g/mol. The van der Waals surface area contributed by atoms with Crippen molar-refractivity contribution in [2.45, 2.75) is 44.7 Å². The van der Waals surface area contributed by atoms with E-state index in [1.807, 2.05) is 0 Å². The molecule has 4 rings (SSSR count). The van der Waals surface area contributed by atoms with Gasteiger partial charge in [-0.15, -0.1) is 0 Å². The van der Waals surface area contributed by atoms with Gasteiger partial charge in [-0.3, -0.25) is 4.79 Å². The first kappa shape index (κ1) is 21.4. The lowest BCUT2D eigenvalue weighted by Crippen LogP contribution is -2.46. The van der Waals surface area contributed by atoms with Gasteiger partial charge in [-0.25, -0.2) is 8.42 Å². The van der Waals surface area contributed by atoms with Crippen LogP contribution in [0.1, 0.15) is 35.8 Å². The van der Waals surface area contributed by atoms with Crippen molar-refractivity contribution in [3.05, 3.63) is 59.8 Å². The molecule has 4 heterocycles. The first-order valence-electron chi connectivity index (χ1n) is 10.1. The quantitative estimate of drug-likeness (QED) is 0.547. The van der Waals surface area contributed by atoms with Crippen LogP contribution in [0, 0.1) is 19.8 Å². The Morgan fingerprint density at radius 1 is 1.16 bits per heavy atom. The molecule has 0 aromatic carbocycles. The maximum atomic E-state index is 13.4. The Morgan fingerprint density at radius 2 is 1.81 bits per heavy atom. The van der Waals surface area contributed by atoms with E-state index < -0.39 is 15.9 Å². The highest BCUT2D eigenvalue weighted by molar-refractivity contribution is 7.89. The van der Waals surface area contributed by atoms with Crippen LogP contribution in [0.25, 0.3) is 0 Å². The van der Waals surface area contributed by atoms with Crippen molar-refractivity contribution in [1.29, 1.82) is 0 Å². The Balaban J connectivity index is 1.54. The molecule has 1 fully saturated rings. The van der Waals surface area contributed by atoms with Gasteiger partial charge in [-0.2, -0.15) is 4.31 Å². The second-order valence-electron chi connectivity index (χ2n) is 7.71. The van der Waals surface area contributed by atoms with Crippen molar-refractivity contribution in [3.63, 3.8) is 0 Å². The molecule has 3 aromatic heterocycles. The standard InChI is InChI=1S/C21H25N3O6S/c1-15-20(16(2)30-22-15)31(26,27)24-9-3-6-17(12-24)21(25)23(13-18-7-4-10-28-18)14-19-8-5-11-29-19/h4-5,7-8,10-11,17H,3,6,9,12-14H2,1-2H3. The van der Waals surface area contributed by atoms with Gasteiger partial charge in [0, 0.05) is 13.1 Å². The number of amides is 1. The van der Waals surface area contributed by atoms with E-state index in [1.54, 1.807) is 55.5 Å². The molecule has 166 valence electrons. The van der Waals surface area contributed by atoms with Crippen molar-refractivity contribution in [3.8, 4) is 0 Å². The molecule has 0 N–H and O–H groups in total. The average Bonchev–Trinajstić information content (AvgIpc) is 3.51. The summed E-state index contributed by atoms with van der Waals surface area (Å²) >= 11 is 0. The van der Waals surface area contributed by atoms with Crippen LogP contribution in [0.2, 0.25) is 0 Å². The number of carbonyl (C=O) groups excluding carboxylic acids is 1. The van der Waals surface area contributed by atoms with E-state index in [0.717, 1.165) is 0 Å². The molecule has 0 aliphatic carbocycles. The largest absolute Gasteiger partial charge is 0.467 e. The zero-order valence-electron chi connectivity index (χ0n) is 17.5. The molecule has 10 heteroatoms. The Bertz CT molecular complexity index is 1060. The monoisotopic (exact) mass is 447 g/mol. The van der Waals surface area contributed by atoms with E-state index in [4.69, 9.17) is 13.4 Å². The highest BCUT2D eigenvalue weighted by atomic mass is 32.2. The second-order valence-corrected chi connectivity index (χ2v) is 9.58. The normalized spacial score (nSPS) is 17.7. The smallest absolute Gasteiger partial charge is 0.248 e. The molecule has 1 unspecified atom stereocenters. The summed E-state index contributed by atoms with van der Waals surface area (Å²) < 4.78 is 43.7. The van der Waals surface area contributed by atoms with E-state index in [9.17, 15) is 13.2 Å². The summed E-state index contributed by atoms with van der Waals surface area (Å²) in [6.07, 6.45) is 4.32. The number of piperidine rings is 1. The predicted octanol–water partition coefficient (Wildman–Crippen LogP) is 3.11. The van der Waals surface area contributed by atoms with Crippen molar-refractivity contribution >= 4 is 15.9 Å². The third-order valence-electron chi connectivity index (χ3n) is 5.46. The van der Waals surface area contributed by atoms with Crippen LogP contribution in [-0.2, 0) is 27.9 Å². The fourth-order valence-corrected chi connectivity index (χ4v) is 5.80. The molecule has 31 heavy (non-hydrogen) atoms. The number of aryl methyl sites for hydroxylation is 2. The molecule has 1 saturated heterocycles. The fourth-order valence-electron chi connectivity index (χ4n) is 3.99. The van der Waals surface area contributed by atoms with Crippen LogP contribution in [0.4, 0.5) is 0 Å². The number of hydrogen-bond donors (Lipinski definition) is 0. The fraction of sp³-hybridized carbons (Fsp3) is 0.429. The zero-order chi connectivity index (χ0) is 22.0. The molecule has 1 aliphatic rings. The Labute approximate surface area is 180 Å². The van der Waals surface area contributed by atoms with Crippen LogP contribution in [0.15, 0.2) is 55.0 Å². The number of sulfonamides is 1. The molecule has 1 aliphatic heterocycles. The van der Waals surface area contributed by atoms with Gasteiger partial charge >= 0.3 is 0 Å². The second kappa shape index (κ2) is 8.72. The van der Waals surface area contributed by atoms with Crippen LogP contribution >= 0.6 is 0 Å². The molecular formula is C21H25N3O6S. The number of carbonyl (C=O) groups is 1. The van der Waals surface area contributed by atoms with Gasteiger partial charge < -0.3 is 18.3 Å². The van der Waals surface area contributed by atoms with Crippen LogP contribution in [-0.4, -0.2) is 41.8 Å². The Kier molecular flexibility index (Phi) is 6.01. The van der Waals surface area contributed by atoms with Gasteiger partial charge in [0.25, 0.3) is 0 Å². The molecule has 0 spiro atoms. The maximum absolute atomic E-state index is 13.4. The summed E-state index contributed by atoms with van der Waals surface area (Å²) in [7, 11) is -3.80. The molecule has 1 amide bonds. The number of hydrogen-bond acceptors (Lipinski definition) is 7. The highest BCUT2D eigenvalue weighted by Gasteiger charge is 2.38. The van der Waals surface area contributed by atoms with Crippen LogP contribution in [0.3, 0.4) is 0 Å². The molecule has 0 radical (unpaired) electrons. The van der Waals surface area contributed by atoms with Crippen molar-refractivity contribution in [1.82, 2.24) is 14.4 Å². The minimum absolute atomic E-state index is 0.0867. The zero-order valence-corrected chi connectivity index (χ0v) is 18.3. The summed E-state index contributed by atoms with van der Waals surface area (Å²) in [5, 5.41) is 3.77. The Hall–Kier alpha value is -2.85. The van der Waals surface area contributed by atoms with E-state index >= 15 is 0 Å². The van der Waals surface area contributed by atoms with Crippen molar-refractivity contribution < 1.29 is 26.6 Å². The van der Waals surface area contributed by atoms with Crippen molar-refractivity contribution in [2.75, 3.05) is 13.1 Å². The molecular weight excluding hydrogens is 422 g/mol. The lowest BCUT2D eigenvalue weighted by Gasteiger charge is -2.34. The van der Waals surface area contributed by atoms with E-state index in [0.29, 0.717) is 36.6 Å². The minimum atomic E-state index is -3.80. The number of aromatic nitrogens is 1. The number of rotatable bonds is 7. The van der Waals surface area contributed by atoms with Gasteiger partial charge in [0.15, 0.2) is 5.76 Å². The third kappa shape index (κ3) is 4.45. The first-order valence-corrected chi connectivity index (χ1v) is 11.6. The lowest BCUT2D eigenvalue weighted by molar-refractivity contribution is -0.138. The third-order valence-corrected chi connectivity index (χ3v) is 7.57. The van der Waals surface area contributed by atoms with Gasteiger partial charge in [-0.1, -0.05) is 5.16 Å². The SMILES string of the molecule is Cc1noc(C)c1S(=O)(=O)N1CCCC(C(=O)N(Cc2ccco2)Cc2ccco2)C1. The highest BCUT2D eigenvalue weighted by Crippen LogP contribution is 2.29. The number of furan rings is 2. The summed E-state index contributed by atoms with van der Waals surface area (Å²) in [4.78, 5) is 15.2. The van der Waals surface area contributed by atoms with Gasteiger partial charge in [-0.05, 0) is 51.0 Å². The summed E-state index contributed by atoms with van der Waals surface area (Å²) in [6.45, 7) is 4.20. The van der Waals surface area contributed by atoms with Crippen molar-refractivity contribution in [2.24, 2.45) is 5.92 Å². The summed E-state index contributed by atoms with van der Waals surface area (Å²) in [6, 6.07) is 7.14. The summed E-state index contributed by atoms with van der Waals surface area (Å²) in [5.74, 6) is 0.954. The first-order chi connectivity index (χ1) is 14.9. The number of nitrogens with zero attached hydrogens (tertiary/aromatic N) is 3. The molecule has 3 aromatic rings. The van der Waals surface area contributed by atoms with E-state index in [2.05, 4.69) is 5.16 Å². The maximum Gasteiger partial charge on any atom is 0.248 e. The van der Waals surface area contributed by atoms with Gasteiger partial charge in [0.2, 0.25) is 15.9 Å². The lowest BCUT2D eigenvalue weighted by atomic mass is 9.98. The van der Waals surface area contributed by atoms with Crippen LogP contribution < -0.4 is 0 Å². The topological polar surface area (TPSA) is 110 Å². The van der Waals surface area contributed by atoms with Gasteiger partial charge in [0.05, 0.1) is 31.5 Å². The van der Waals surface area contributed by atoms with E-state index in [-0.39, 0.29) is 36.2 Å². The molecule has 1 atom stereocenters. The van der Waals surface area contributed by atoms with E-state index in [1.165, 1.54) is 4.31 Å². The van der Waals surface area contributed by atoms with Gasteiger partial charge in [0.1, 0.15) is 22.1 Å². The molecule has 0 saturated carbocycles. The Morgan fingerprint density at radius 3 is 2.32 bits per heavy atom. The van der Waals surface area contributed by atoms with Crippen LogP contribution in [0.5, 0.6) is 0 Å². The predicted molar refractivity (Wildman–Crippen MR) is 109 cm³/mol. The minimum Gasteiger partial charge on any atom is -0.467 e.